The van der Waals surface area contributed by atoms with Crippen molar-refractivity contribution in [3.05, 3.63) is 24.3 Å². The molecule has 5 rings (SSSR count). The standard InChI is InChI=1S/C24H36N4O/c1-19-4-2-3-15-27(19)22-9-16-26(18-22)20-5-7-21(8-6-20)28-17-12-24(23(28)29)10-13-25-14-11-24/h5-8,19,22,25H,2-4,9-18H2,1H3/t19-,22?/m0/s1. The molecule has 1 aromatic carbocycles. The maximum atomic E-state index is 13.2. The van der Waals surface area contributed by atoms with Crippen LogP contribution in [0.1, 0.15) is 51.9 Å². The molecule has 0 aromatic heterocycles. The molecule has 4 aliphatic rings. The van der Waals surface area contributed by atoms with Gasteiger partial charge in [-0.05, 0) is 89.3 Å². The Balaban J connectivity index is 1.24. The van der Waals surface area contributed by atoms with Gasteiger partial charge in [-0.2, -0.15) is 0 Å². The summed E-state index contributed by atoms with van der Waals surface area (Å²) in [4.78, 5) is 20.5. The largest absolute Gasteiger partial charge is 0.370 e. The van der Waals surface area contributed by atoms with Crippen LogP contribution in [0.25, 0.3) is 0 Å². The highest BCUT2D eigenvalue weighted by Crippen LogP contribution is 2.42. The molecule has 1 amide bonds. The lowest BCUT2D eigenvalue weighted by Crippen LogP contribution is -2.46. The van der Waals surface area contributed by atoms with Gasteiger partial charge in [-0.15, -0.1) is 0 Å². The Morgan fingerprint density at radius 2 is 1.69 bits per heavy atom. The molecule has 4 fully saturated rings. The minimum atomic E-state index is -0.1000. The molecule has 1 N–H and O–H groups in total. The first-order valence-electron chi connectivity index (χ1n) is 11.8. The molecule has 1 unspecified atom stereocenters. The number of amides is 1. The number of hydrogen-bond acceptors (Lipinski definition) is 4. The first kappa shape index (κ1) is 19.4. The van der Waals surface area contributed by atoms with Crippen LogP contribution in [0.5, 0.6) is 0 Å². The van der Waals surface area contributed by atoms with Gasteiger partial charge < -0.3 is 15.1 Å². The monoisotopic (exact) mass is 396 g/mol. The smallest absolute Gasteiger partial charge is 0.233 e. The van der Waals surface area contributed by atoms with E-state index in [-0.39, 0.29) is 5.41 Å². The molecule has 4 saturated heterocycles. The Morgan fingerprint density at radius 1 is 0.931 bits per heavy atom. The maximum absolute atomic E-state index is 13.2. The summed E-state index contributed by atoms with van der Waals surface area (Å²) in [6, 6.07) is 10.2. The number of anilines is 2. The predicted molar refractivity (Wildman–Crippen MR) is 119 cm³/mol. The number of carbonyl (C=O) groups excluding carboxylic acids is 1. The average molecular weight is 397 g/mol. The van der Waals surface area contributed by atoms with E-state index in [1.807, 2.05) is 4.90 Å². The van der Waals surface area contributed by atoms with Crippen LogP contribution in [-0.2, 0) is 4.79 Å². The zero-order valence-corrected chi connectivity index (χ0v) is 17.9. The molecule has 4 heterocycles. The number of rotatable bonds is 3. The van der Waals surface area contributed by atoms with Crippen molar-refractivity contribution in [1.29, 1.82) is 0 Å². The van der Waals surface area contributed by atoms with Crippen LogP contribution in [0.15, 0.2) is 24.3 Å². The number of hydrogen-bond donors (Lipinski definition) is 1. The van der Waals surface area contributed by atoms with Gasteiger partial charge in [-0.25, -0.2) is 0 Å². The van der Waals surface area contributed by atoms with Gasteiger partial charge >= 0.3 is 0 Å². The lowest BCUT2D eigenvalue weighted by atomic mass is 9.78. The van der Waals surface area contributed by atoms with E-state index in [0.29, 0.717) is 11.9 Å². The summed E-state index contributed by atoms with van der Waals surface area (Å²) in [6.45, 7) is 8.78. The lowest BCUT2D eigenvalue weighted by molar-refractivity contribution is -0.126. The van der Waals surface area contributed by atoms with Crippen LogP contribution < -0.4 is 15.1 Å². The molecule has 1 spiro atoms. The second kappa shape index (κ2) is 7.92. The van der Waals surface area contributed by atoms with Crippen molar-refractivity contribution in [3.8, 4) is 0 Å². The van der Waals surface area contributed by atoms with Crippen molar-refractivity contribution in [1.82, 2.24) is 10.2 Å². The molecule has 2 atom stereocenters. The number of nitrogens with one attached hydrogen (secondary N) is 1. The zero-order chi connectivity index (χ0) is 19.8. The number of likely N-dealkylation sites (tertiary alicyclic amines) is 1. The fraction of sp³-hybridized carbons (Fsp3) is 0.708. The molecule has 29 heavy (non-hydrogen) atoms. The van der Waals surface area contributed by atoms with Crippen molar-refractivity contribution >= 4 is 17.3 Å². The highest BCUT2D eigenvalue weighted by Gasteiger charge is 2.47. The highest BCUT2D eigenvalue weighted by molar-refractivity contribution is 6.00. The van der Waals surface area contributed by atoms with Crippen LogP contribution >= 0.6 is 0 Å². The molecule has 4 aliphatic heterocycles. The normalized spacial score (nSPS) is 30.4. The fourth-order valence-corrected chi connectivity index (χ4v) is 6.19. The zero-order valence-electron chi connectivity index (χ0n) is 17.9. The van der Waals surface area contributed by atoms with Crippen molar-refractivity contribution < 1.29 is 4.79 Å². The van der Waals surface area contributed by atoms with E-state index in [9.17, 15) is 4.79 Å². The van der Waals surface area contributed by atoms with Crippen molar-refractivity contribution in [3.63, 3.8) is 0 Å². The molecule has 5 nitrogen and oxygen atoms in total. The quantitative estimate of drug-likeness (QED) is 0.851. The molecule has 5 heteroatoms. The summed E-state index contributed by atoms with van der Waals surface area (Å²) in [5, 5.41) is 3.40. The average Bonchev–Trinajstić information content (AvgIpc) is 3.36. The Labute approximate surface area is 175 Å². The van der Waals surface area contributed by atoms with Gasteiger partial charge in [0.2, 0.25) is 5.91 Å². The molecule has 0 saturated carbocycles. The summed E-state index contributed by atoms with van der Waals surface area (Å²) in [5.41, 5.74) is 2.29. The van der Waals surface area contributed by atoms with Crippen LogP contribution in [0.4, 0.5) is 11.4 Å². The molecular weight excluding hydrogens is 360 g/mol. The molecule has 0 radical (unpaired) electrons. The van der Waals surface area contributed by atoms with Crippen molar-refractivity contribution in [2.45, 2.75) is 64.0 Å². The third-order valence-corrected chi connectivity index (χ3v) is 8.09. The molecule has 1 aromatic rings. The third kappa shape index (κ3) is 3.57. The third-order valence-electron chi connectivity index (χ3n) is 8.09. The number of carbonyl (C=O) groups is 1. The summed E-state index contributed by atoms with van der Waals surface area (Å²) in [5.74, 6) is 0.354. The summed E-state index contributed by atoms with van der Waals surface area (Å²) >= 11 is 0. The Kier molecular flexibility index (Phi) is 5.29. The van der Waals surface area contributed by atoms with Gasteiger partial charge in [0, 0.05) is 43.1 Å². The predicted octanol–water partition coefficient (Wildman–Crippen LogP) is 3.25. The molecule has 0 aliphatic carbocycles. The van der Waals surface area contributed by atoms with Crippen molar-refractivity contribution in [2.24, 2.45) is 5.41 Å². The van der Waals surface area contributed by atoms with E-state index in [2.05, 4.69) is 46.3 Å². The van der Waals surface area contributed by atoms with E-state index in [0.717, 1.165) is 63.7 Å². The lowest BCUT2D eigenvalue weighted by Gasteiger charge is -2.38. The first-order chi connectivity index (χ1) is 14.2. The molecular formula is C24H36N4O. The van der Waals surface area contributed by atoms with Crippen LogP contribution in [0.3, 0.4) is 0 Å². The van der Waals surface area contributed by atoms with E-state index in [1.165, 1.54) is 37.9 Å². The van der Waals surface area contributed by atoms with E-state index in [1.54, 1.807) is 0 Å². The number of benzene rings is 1. The minimum absolute atomic E-state index is 0.1000. The number of piperidine rings is 2. The Bertz CT molecular complexity index is 727. The molecule has 0 bridgehead atoms. The van der Waals surface area contributed by atoms with Gasteiger partial charge in [-0.1, -0.05) is 6.42 Å². The van der Waals surface area contributed by atoms with Gasteiger partial charge in [0.25, 0.3) is 0 Å². The summed E-state index contributed by atoms with van der Waals surface area (Å²) in [6.07, 6.45) is 8.37. The maximum Gasteiger partial charge on any atom is 0.233 e. The topological polar surface area (TPSA) is 38.8 Å². The fourth-order valence-electron chi connectivity index (χ4n) is 6.19. The van der Waals surface area contributed by atoms with Crippen molar-refractivity contribution in [2.75, 3.05) is 49.1 Å². The van der Waals surface area contributed by atoms with Crippen LogP contribution in [0, 0.1) is 5.41 Å². The second-order valence-electron chi connectivity index (χ2n) is 9.72. The van der Waals surface area contributed by atoms with Gasteiger partial charge in [0.1, 0.15) is 0 Å². The summed E-state index contributed by atoms with van der Waals surface area (Å²) < 4.78 is 0. The number of nitrogens with zero attached hydrogens (tertiary/aromatic N) is 3. The second-order valence-corrected chi connectivity index (χ2v) is 9.72. The van der Waals surface area contributed by atoms with Gasteiger partial charge in [0.15, 0.2) is 0 Å². The molecule has 158 valence electrons. The van der Waals surface area contributed by atoms with Crippen LogP contribution in [0.2, 0.25) is 0 Å². The van der Waals surface area contributed by atoms with Gasteiger partial charge in [-0.3, -0.25) is 9.69 Å². The highest BCUT2D eigenvalue weighted by atomic mass is 16.2. The minimum Gasteiger partial charge on any atom is -0.370 e. The van der Waals surface area contributed by atoms with Gasteiger partial charge in [0.05, 0.1) is 5.41 Å². The van der Waals surface area contributed by atoms with E-state index >= 15 is 0 Å². The van der Waals surface area contributed by atoms with E-state index in [4.69, 9.17) is 0 Å². The van der Waals surface area contributed by atoms with Crippen LogP contribution in [-0.4, -0.2) is 62.2 Å². The van der Waals surface area contributed by atoms with E-state index < -0.39 is 0 Å². The SMILES string of the molecule is C[C@H]1CCCCN1C1CCN(c2ccc(N3CCC4(CCNCC4)C3=O)cc2)C1. The Morgan fingerprint density at radius 3 is 2.45 bits per heavy atom. The Hall–Kier alpha value is -1.59. The summed E-state index contributed by atoms with van der Waals surface area (Å²) in [7, 11) is 0. The first-order valence-corrected chi connectivity index (χ1v) is 11.8.